The lowest BCUT2D eigenvalue weighted by Crippen LogP contribution is -2.48. The first-order chi connectivity index (χ1) is 12.9. The first-order valence-electron chi connectivity index (χ1n) is 8.86. The summed E-state index contributed by atoms with van der Waals surface area (Å²) in [5.74, 6) is -1.13. The minimum absolute atomic E-state index is 0.144. The molecule has 1 atom stereocenters. The van der Waals surface area contributed by atoms with Gasteiger partial charge < -0.3 is 10.2 Å². The molecule has 2 amide bonds. The van der Waals surface area contributed by atoms with E-state index in [4.69, 9.17) is 11.6 Å². The van der Waals surface area contributed by atoms with E-state index in [-0.39, 0.29) is 35.4 Å². The number of carbonyl (C=O) groups is 2. The molecule has 6 heteroatoms. The van der Waals surface area contributed by atoms with Crippen LogP contribution >= 0.6 is 11.6 Å². The smallest absolute Gasteiger partial charge is 0.242 e. The molecule has 27 heavy (non-hydrogen) atoms. The second-order valence-corrected chi connectivity index (χ2v) is 6.83. The highest BCUT2D eigenvalue weighted by Gasteiger charge is 2.29. The van der Waals surface area contributed by atoms with Gasteiger partial charge in [0.1, 0.15) is 11.9 Å². The minimum Gasteiger partial charge on any atom is -0.357 e. The lowest BCUT2D eigenvalue weighted by molar-refractivity contribution is -0.140. The number of rotatable bonds is 7. The average molecular weight is 391 g/mol. The van der Waals surface area contributed by atoms with E-state index in [0.717, 1.165) is 11.1 Å². The fourth-order valence-corrected chi connectivity index (χ4v) is 3.28. The normalized spacial score (nSPS) is 11.7. The van der Waals surface area contributed by atoms with Crippen LogP contribution in [0.1, 0.15) is 30.0 Å². The van der Waals surface area contributed by atoms with Crippen molar-refractivity contribution in [3.05, 3.63) is 70.0 Å². The Morgan fingerprint density at radius 3 is 2.52 bits per heavy atom. The average Bonchev–Trinajstić information content (AvgIpc) is 2.64. The predicted molar refractivity (Wildman–Crippen MR) is 105 cm³/mol. The summed E-state index contributed by atoms with van der Waals surface area (Å²) in [6.45, 7) is 4.07. The fourth-order valence-electron chi connectivity index (χ4n) is 3.05. The van der Waals surface area contributed by atoms with Crippen molar-refractivity contribution in [3.8, 4) is 0 Å². The molecule has 0 fully saturated rings. The zero-order valence-electron chi connectivity index (χ0n) is 15.8. The van der Waals surface area contributed by atoms with Gasteiger partial charge in [0, 0.05) is 24.2 Å². The van der Waals surface area contributed by atoms with E-state index in [1.54, 1.807) is 6.07 Å². The van der Waals surface area contributed by atoms with Crippen LogP contribution in [0.15, 0.2) is 42.5 Å². The number of hydrogen-bond acceptors (Lipinski definition) is 2. The molecule has 0 aliphatic rings. The Bertz CT molecular complexity index is 805. The highest BCUT2D eigenvalue weighted by atomic mass is 35.5. The summed E-state index contributed by atoms with van der Waals surface area (Å²) >= 11 is 6.07. The first-order valence-corrected chi connectivity index (χ1v) is 9.24. The van der Waals surface area contributed by atoms with Crippen LogP contribution in [0, 0.1) is 12.7 Å². The maximum absolute atomic E-state index is 14.1. The van der Waals surface area contributed by atoms with E-state index in [9.17, 15) is 14.0 Å². The van der Waals surface area contributed by atoms with Gasteiger partial charge in [-0.05, 0) is 31.0 Å². The monoisotopic (exact) mass is 390 g/mol. The number of benzene rings is 2. The van der Waals surface area contributed by atoms with Crippen molar-refractivity contribution in [2.45, 2.75) is 39.3 Å². The molecule has 0 unspecified atom stereocenters. The SMILES string of the molecule is CC[C@@H](C(=O)NC)N(Cc1cccc(C)c1)C(=O)Cc1c(F)cccc1Cl. The zero-order valence-corrected chi connectivity index (χ0v) is 16.5. The van der Waals surface area contributed by atoms with Crippen molar-refractivity contribution in [1.29, 1.82) is 0 Å². The second-order valence-electron chi connectivity index (χ2n) is 6.43. The topological polar surface area (TPSA) is 49.4 Å². The number of nitrogens with zero attached hydrogens (tertiary/aromatic N) is 1. The van der Waals surface area contributed by atoms with Crippen molar-refractivity contribution in [3.63, 3.8) is 0 Å². The third kappa shape index (κ3) is 5.30. The van der Waals surface area contributed by atoms with Crippen LogP contribution in [0.25, 0.3) is 0 Å². The summed E-state index contributed by atoms with van der Waals surface area (Å²) in [5, 5.41) is 2.80. The van der Waals surface area contributed by atoms with Crippen LogP contribution in [0.5, 0.6) is 0 Å². The second kappa shape index (κ2) is 9.51. The van der Waals surface area contributed by atoms with Crippen molar-refractivity contribution in [2.75, 3.05) is 7.05 Å². The van der Waals surface area contributed by atoms with E-state index in [1.165, 1.54) is 24.1 Å². The maximum atomic E-state index is 14.1. The molecule has 1 N–H and O–H groups in total. The number of aryl methyl sites for hydroxylation is 1. The van der Waals surface area contributed by atoms with Gasteiger partial charge in [0.05, 0.1) is 6.42 Å². The molecule has 0 aliphatic carbocycles. The Labute approximate surface area is 164 Å². The van der Waals surface area contributed by atoms with Crippen molar-refractivity contribution >= 4 is 23.4 Å². The lowest BCUT2D eigenvalue weighted by Gasteiger charge is -2.30. The Balaban J connectivity index is 2.35. The third-order valence-corrected chi connectivity index (χ3v) is 4.81. The summed E-state index contributed by atoms with van der Waals surface area (Å²) in [6, 6.07) is 11.4. The van der Waals surface area contributed by atoms with Gasteiger partial charge >= 0.3 is 0 Å². The van der Waals surface area contributed by atoms with Crippen LogP contribution in [-0.2, 0) is 22.6 Å². The molecule has 0 bridgehead atoms. The molecule has 0 aromatic heterocycles. The van der Waals surface area contributed by atoms with E-state index in [0.29, 0.717) is 6.42 Å². The van der Waals surface area contributed by atoms with E-state index in [1.807, 2.05) is 38.1 Å². The zero-order chi connectivity index (χ0) is 20.0. The molecule has 0 saturated carbocycles. The molecular weight excluding hydrogens is 367 g/mol. The van der Waals surface area contributed by atoms with Gasteiger partial charge in [-0.25, -0.2) is 4.39 Å². The van der Waals surface area contributed by atoms with Crippen LogP contribution < -0.4 is 5.32 Å². The van der Waals surface area contributed by atoms with Gasteiger partial charge in [-0.15, -0.1) is 0 Å². The summed E-state index contributed by atoms with van der Waals surface area (Å²) in [7, 11) is 1.54. The molecule has 0 heterocycles. The van der Waals surface area contributed by atoms with Crippen molar-refractivity contribution in [2.24, 2.45) is 0 Å². The quantitative estimate of drug-likeness (QED) is 0.779. The molecule has 0 saturated heterocycles. The molecule has 4 nitrogen and oxygen atoms in total. The largest absolute Gasteiger partial charge is 0.357 e. The number of carbonyl (C=O) groups excluding carboxylic acids is 2. The summed E-state index contributed by atoms with van der Waals surface area (Å²) in [6.07, 6.45) is 0.243. The third-order valence-electron chi connectivity index (χ3n) is 4.46. The van der Waals surface area contributed by atoms with Crippen LogP contribution in [0.2, 0.25) is 5.02 Å². The van der Waals surface area contributed by atoms with E-state index < -0.39 is 11.9 Å². The van der Waals surface area contributed by atoms with E-state index in [2.05, 4.69) is 5.32 Å². The molecule has 2 aromatic carbocycles. The highest BCUT2D eigenvalue weighted by molar-refractivity contribution is 6.31. The molecular formula is C21H24ClFN2O2. The van der Waals surface area contributed by atoms with Crippen LogP contribution in [0.3, 0.4) is 0 Å². The van der Waals surface area contributed by atoms with Gasteiger partial charge in [0.2, 0.25) is 11.8 Å². The van der Waals surface area contributed by atoms with Gasteiger partial charge in [0.15, 0.2) is 0 Å². The van der Waals surface area contributed by atoms with Crippen LogP contribution in [0.4, 0.5) is 4.39 Å². The Morgan fingerprint density at radius 1 is 1.22 bits per heavy atom. The highest BCUT2D eigenvalue weighted by Crippen LogP contribution is 2.22. The summed E-state index contributed by atoms with van der Waals surface area (Å²) < 4.78 is 14.1. The Morgan fingerprint density at radius 2 is 1.93 bits per heavy atom. The molecule has 0 aliphatic heterocycles. The summed E-state index contributed by atoms with van der Waals surface area (Å²) in [5.41, 5.74) is 2.11. The Hall–Kier alpha value is -2.40. The molecule has 144 valence electrons. The van der Waals surface area contributed by atoms with Crippen molar-refractivity contribution < 1.29 is 14.0 Å². The number of amides is 2. The molecule has 0 spiro atoms. The first kappa shape index (κ1) is 20.9. The molecule has 2 rings (SSSR count). The van der Waals surface area contributed by atoms with Gasteiger partial charge in [0.25, 0.3) is 0 Å². The maximum Gasteiger partial charge on any atom is 0.242 e. The molecule has 0 radical (unpaired) electrons. The minimum atomic E-state index is -0.645. The summed E-state index contributed by atoms with van der Waals surface area (Å²) in [4.78, 5) is 26.9. The number of halogens is 2. The molecule has 2 aromatic rings. The lowest BCUT2D eigenvalue weighted by atomic mass is 10.1. The van der Waals surface area contributed by atoms with E-state index >= 15 is 0 Å². The van der Waals surface area contributed by atoms with Crippen LogP contribution in [-0.4, -0.2) is 29.8 Å². The standard InChI is InChI=1S/C21H24ClFN2O2/c1-4-19(21(27)24-3)25(13-15-8-5-7-14(2)11-15)20(26)12-16-17(22)9-6-10-18(16)23/h5-11,19H,4,12-13H2,1-3H3,(H,24,27)/t19-/m0/s1. The van der Waals surface area contributed by atoms with Crippen molar-refractivity contribution in [1.82, 2.24) is 10.2 Å². The number of nitrogens with one attached hydrogen (secondary N) is 1. The predicted octanol–water partition coefficient (Wildman–Crippen LogP) is 3.88. The van der Waals surface area contributed by atoms with Gasteiger partial charge in [-0.1, -0.05) is 54.4 Å². The van der Waals surface area contributed by atoms with Gasteiger partial charge in [-0.3, -0.25) is 9.59 Å². The number of likely N-dealkylation sites (N-methyl/N-ethyl adjacent to an activating group) is 1. The fraction of sp³-hybridized carbons (Fsp3) is 0.333. The Kier molecular flexibility index (Phi) is 7.36. The van der Waals surface area contributed by atoms with Gasteiger partial charge in [-0.2, -0.15) is 0 Å². The number of hydrogen-bond donors (Lipinski definition) is 1.